The Bertz CT molecular complexity index is 1320. The second-order valence-electron chi connectivity index (χ2n) is 8.09. The van der Waals surface area contributed by atoms with Gasteiger partial charge in [0.1, 0.15) is 11.8 Å². The van der Waals surface area contributed by atoms with Gasteiger partial charge in [0.15, 0.2) is 0 Å². The van der Waals surface area contributed by atoms with Crippen LogP contribution >= 0.6 is 11.3 Å². The van der Waals surface area contributed by atoms with Crippen LogP contribution in [0.15, 0.2) is 53.3 Å². The van der Waals surface area contributed by atoms with Crippen molar-refractivity contribution in [3.63, 3.8) is 0 Å². The highest BCUT2D eigenvalue weighted by molar-refractivity contribution is 7.26. The van der Waals surface area contributed by atoms with E-state index >= 15 is 0 Å². The first-order valence-corrected chi connectivity index (χ1v) is 11.6. The number of thiophene rings is 1. The first-order valence-electron chi connectivity index (χ1n) is 10.8. The molecule has 0 aliphatic heterocycles. The predicted molar refractivity (Wildman–Crippen MR) is 130 cm³/mol. The van der Waals surface area contributed by atoms with Crippen LogP contribution in [0.25, 0.3) is 20.2 Å². The molecule has 0 radical (unpaired) electrons. The summed E-state index contributed by atoms with van der Waals surface area (Å²) >= 11 is 1.56. The molecule has 32 heavy (non-hydrogen) atoms. The monoisotopic (exact) mass is 449 g/mol. The Morgan fingerprint density at radius 3 is 2.56 bits per heavy atom. The Morgan fingerprint density at radius 1 is 1.16 bits per heavy atom. The summed E-state index contributed by atoms with van der Waals surface area (Å²) in [6, 6.07) is 14.8. The molecule has 1 N–H and O–H groups in total. The third-order valence-corrected chi connectivity index (χ3v) is 6.63. The molecule has 4 aromatic rings. The molecule has 6 nitrogen and oxygen atoms in total. The fourth-order valence-corrected chi connectivity index (χ4v) is 4.96. The summed E-state index contributed by atoms with van der Waals surface area (Å²) in [6.07, 6.45) is 0.574. The summed E-state index contributed by atoms with van der Waals surface area (Å²) in [5.74, 6) is 0.576. The van der Waals surface area contributed by atoms with E-state index in [4.69, 9.17) is 4.74 Å². The first kappa shape index (κ1) is 22.0. The zero-order valence-electron chi connectivity index (χ0n) is 18.7. The van der Waals surface area contributed by atoms with Crippen molar-refractivity contribution in [2.24, 2.45) is 0 Å². The maximum Gasteiger partial charge on any atom is 0.276 e. The van der Waals surface area contributed by atoms with Crippen LogP contribution in [0.1, 0.15) is 44.5 Å². The van der Waals surface area contributed by atoms with Crippen molar-refractivity contribution in [1.82, 2.24) is 15.1 Å². The lowest BCUT2D eigenvalue weighted by molar-refractivity contribution is -0.125. The minimum atomic E-state index is -0.673. The number of amides is 1. The number of carbonyl (C=O) groups is 1. The number of aryl methyl sites for hydroxylation is 1. The van der Waals surface area contributed by atoms with Gasteiger partial charge in [-0.15, -0.1) is 11.3 Å². The molecule has 166 valence electrons. The number of hydrogen-bond acceptors (Lipinski definition) is 5. The van der Waals surface area contributed by atoms with Gasteiger partial charge in [0, 0.05) is 16.6 Å². The van der Waals surface area contributed by atoms with Gasteiger partial charge in [-0.2, -0.15) is 5.10 Å². The normalized spacial score (nSPS) is 12.4. The van der Waals surface area contributed by atoms with Gasteiger partial charge < -0.3 is 10.1 Å². The van der Waals surface area contributed by atoms with E-state index in [1.54, 1.807) is 11.3 Å². The number of fused-ring (bicyclic) bond motifs is 3. The van der Waals surface area contributed by atoms with E-state index in [0.29, 0.717) is 18.4 Å². The molecule has 0 saturated heterocycles. The lowest BCUT2D eigenvalue weighted by Crippen LogP contribution is -2.38. The average molecular weight is 450 g/mol. The van der Waals surface area contributed by atoms with E-state index in [0.717, 1.165) is 31.8 Å². The molecule has 1 atom stereocenters. The highest BCUT2D eigenvalue weighted by Crippen LogP contribution is 2.33. The number of nitrogens with one attached hydrogen (secondary N) is 1. The summed E-state index contributed by atoms with van der Waals surface area (Å²) in [4.78, 5) is 26.4. The van der Waals surface area contributed by atoms with E-state index in [9.17, 15) is 9.59 Å². The van der Waals surface area contributed by atoms with Crippen molar-refractivity contribution >= 4 is 37.4 Å². The largest absolute Gasteiger partial charge is 0.491 e. The third-order valence-electron chi connectivity index (χ3n) is 5.35. The van der Waals surface area contributed by atoms with E-state index in [1.807, 2.05) is 76.2 Å². The second kappa shape index (κ2) is 9.12. The lowest BCUT2D eigenvalue weighted by Gasteiger charge is -2.18. The summed E-state index contributed by atoms with van der Waals surface area (Å²) in [6.45, 7) is 8.11. The van der Waals surface area contributed by atoms with Crippen LogP contribution in [-0.4, -0.2) is 21.8 Å². The average Bonchev–Trinajstić information content (AvgIpc) is 3.17. The maximum absolute atomic E-state index is 13.4. The SMILES string of the molecule is CCC(C(=O)NCc1ccc(OC(C)C)cc1)n1nc(C)c2sc3ccccc3c2c1=O. The van der Waals surface area contributed by atoms with Gasteiger partial charge in [0.25, 0.3) is 5.56 Å². The Kier molecular flexibility index (Phi) is 6.28. The quantitative estimate of drug-likeness (QED) is 0.432. The van der Waals surface area contributed by atoms with Gasteiger partial charge in [-0.05, 0) is 51.0 Å². The topological polar surface area (TPSA) is 73.2 Å². The van der Waals surface area contributed by atoms with E-state index in [1.165, 1.54) is 4.68 Å². The number of carbonyl (C=O) groups excluding carboxylic acids is 1. The number of ether oxygens (including phenoxy) is 1. The number of rotatable bonds is 7. The molecule has 0 bridgehead atoms. The molecule has 1 unspecified atom stereocenters. The molecule has 2 heterocycles. The minimum Gasteiger partial charge on any atom is -0.491 e. The van der Waals surface area contributed by atoms with Crippen LogP contribution in [-0.2, 0) is 11.3 Å². The van der Waals surface area contributed by atoms with Crippen molar-refractivity contribution in [3.05, 3.63) is 70.1 Å². The van der Waals surface area contributed by atoms with Gasteiger partial charge >= 0.3 is 0 Å². The second-order valence-corrected chi connectivity index (χ2v) is 9.14. The number of benzene rings is 2. The molecule has 0 spiro atoms. The fraction of sp³-hybridized carbons (Fsp3) is 0.320. The van der Waals surface area contributed by atoms with Crippen LogP contribution in [0.5, 0.6) is 5.75 Å². The maximum atomic E-state index is 13.4. The van der Waals surface area contributed by atoms with Crippen molar-refractivity contribution in [2.75, 3.05) is 0 Å². The molecule has 4 rings (SSSR count). The molecule has 1 amide bonds. The summed E-state index contributed by atoms with van der Waals surface area (Å²) in [5.41, 5.74) is 1.49. The Hall–Kier alpha value is -3.19. The Morgan fingerprint density at radius 2 is 1.88 bits per heavy atom. The zero-order chi connectivity index (χ0) is 22.8. The van der Waals surface area contributed by atoms with Crippen LogP contribution in [0.2, 0.25) is 0 Å². The van der Waals surface area contributed by atoms with E-state index in [2.05, 4.69) is 10.4 Å². The molecule has 0 aliphatic rings. The molecular formula is C25H27N3O3S. The first-order chi connectivity index (χ1) is 15.4. The van der Waals surface area contributed by atoms with Crippen molar-refractivity contribution in [1.29, 1.82) is 0 Å². The summed E-state index contributed by atoms with van der Waals surface area (Å²) in [5, 5.41) is 9.03. The number of hydrogen-bond donors (Lipinski definition) is 1. The molecule has 7 heteroatoms. The predicted octanol–water partition coefficient (Wildman–Crippen LogP) is 4.97. The van der Waals surface area contributed by atoms with Gasteiger partial charge in [0.2, 0.25) is 5.91 Å². The van der Waals surface area contributed by atoms with Crippen LogP contribution in [0.4, 0.5) is 0 Å². The lowest BCUT2D eigenvalue weighted by atomic mass is 10.1. The smallest absolute Gasteiger partial charge is 0.276 e. The number of nitrogens with zero attached hydrogens (tertiary/aromatic N) is 2. The molecular weight excluding hydrogens is 422 g/mol. The Labute approximate surface area is 190 Å². The molecule has 0 fully saturated rings. The molecule has 0 saturated carbocycles. The van der Waals surface area contributed by atoms with Gasteiger partial charge in [0.05, 0.1) is 21.9 Å². The van der Waals surface area contributed by atoms with Crippen molar-refractivity contribution < 1.29 is 9.53 Å². The van der Waals surface area contributed by atoms with Gasteiger partial charge in [-0.25, -0.2) is 4.68 Å². The summed E-state index contributed by atoms with van der Waals surface area (Å²) < 4.78 is 8.94. The number of aromatic nitrogens is 2. The van der Waals surface area contributed by atoms with Crippen LogP contribution in [0.3, 0.4) is 0 Å². The zero-order valence-corrected chi connectivity index (χ0v) is 19.5. The minimum absolute atomic E-state index is 0.109. The van der Waals surface area contributed by atoms with Gasteiger partial charge in [-0.1, -0.05) is 37.3 Å². The third kappa shape index (κ3) is 4.25. The summed E-state index contributed by atoms with van der Waals surface area (Å²) in [7, 11) is 0. The van der Waals surface area contributed by atoms with E-state index < -0.39 is 6.04 Å². The molecule has 0 aliphatic carbocycles. The molecule has 2 aromatic carbocycles. The van der Waals surface area contributed by atoms with Crippen LogP contribution < -0.4 is 15.6 Å². The molecule has 2 aromatic heterocycles. The van der Waals surface area contributed by atoms with Crippen molar-refractivity contribution in [2.45, 2.75) is 52.8 Å². The standard InChI is InChI=1S/C25H27N3O3S/c1-5-20(24(29)26-14-17-10-12-18(13-11-17)31-15(2)3)28-25(30)22-19-8-6-7-9-21(19)32-23(22)16(4)27-28/h6-13,15,20H,5,14H2,1-4H3,(H,26,29). The van der Waals surface area contributed by atoms with E-state index in [-0.39, 0.29) is 17.6 Å². The van der Waals surface area contributed by atoms with Crippen LogP contribution in [0, 0.1) is 6.92 Å². The van der Waals surface area contributed by atoms with Gasteiger partial charge in [-0.3, -0.25) is 9.59 Å². The Balaban J connectivity index is 1.59. The highest BCUT2D eigenvalue weighted by Gasteiger charge is 2.24. The van der Waals surface area contributed by atoms with Crippen molar-refractivity contribution in [3.8, 4) is 5.75 Å². The highest BCUT2D eigenvalue weighted by atomic mass is 32.1. The fourth-order valence-electron chi connectivity index (χ4n) is 3.83.